The van der Waals surface area contributed by atoms with Crippen LogP contribution in [-0.4, -0.2) is 22.9 Å². The second-order valence-electron chi connectivity index (χ2n) is 6.69. The maximum absolute atomic E-state index is 11.6. The van der Waals surface area contributed by atoms with Gasteiger partial charge in [-0.25, -0.2) is 0 Å². The lowest BCUT2D eigenvalue weighted by molar-refractivity contribution is -0.0412. The highest BCUT2D eigenvalue weighted by Gasteiger charge is 2.39. The Balaban J connectivity index is 2.19. The van der Waals surface area contributed by atoms with Crippen LogP contribution in [0.25, 0.3) is 0 Å². The summed E-state index contributed by atoms with van der Waals surface area (Å²) < 4.78 is 0. The van der Waals surface area contributed by atoms with Crippen LogP contribution in [0.4, 0.5) is 0 Å². The molecule has 0 radical (unpaired) electrons. The van der Waals surface area contributed by atoms with Crippen LogP contribution >= 0.6 is 28.4 Å². The van der Waals surface area contributed by atoms with Crippen molar-refractivity contribution in [3.8, 4) is 0 Å². The van der Waals surface area contributed by atoms with Crippen molar-refractivity contribution < 1.29 is 5.11 Å². The molecule has 1 aromatic carbocycles. The fourth-order valence-electron chi connectivity index (χ4n) is 3.59. The van der Waals surface area contributed by atoms with E-state index in [1.165, 1.54) is 32.1 Å². The molecule has 0 aromatic heterocycles. The van der Waals surface area contributed by atoms with Gasteiger partial charge in [-0.3, -0.25) is 0 Å². The molecule has 0 amide bonds. The minimum Gasteiger partial charge on any atom is -0.385 e. The number of benzene rings is 1. The maximum Gasteiger partial charge on any atom is 0.0932 e. The van der Waals surface area contributed by atoms with Gasteiger partial charge < -0.3 is 5.11 Å². The fourth-order valence-corrected chi connectivity index (χ4v) is 6.41. The van der Waals surface area contributed by atoms with Crippen molar-refractivity contribution in [1.29, 1.82) is 0 Å². The molecular formula is C19H29IOS. The quantitative estimate of drug-likeness (QED) is 0.426. The lowest BCUT2D eigenvalue weighted by Crippen LogP contribution is -2.37. The Morgan fingerprint density at radius 3 is 2.50 bits per heavy atom. The molecule has 0 heterocycles. The van der Waals surface area contributed by atoms with Crippen LogP contribution in [0, 0.1) is 5.92 Å². The Morgan fingerprint density at radius 2 is 1.91 bits per heavy atom. The van der Waals surface area contributed by atoms with Crippen molar-refractivity contribution in [3.05, 3.63) is 48.6 Å². The molecule has 1 N–H and O–H groups in total. The number of hydrogen-bond donors (Lipinski definition) is 1. The van der Waals surface area contributed by atoms with Crippen LogP contribution in [0.1, 0.15) is 44.1 Å². The first-order valence-electron chi connectivity index (χ1n) is 8.30. The van der Waals surface area contributed by atoms with Gasteiger partial charge in [0.2, 0.25) is 0 Å². The Hall–Kier alpha value is -0.000000000000000111. The van der Waals surface area contributed by atoms with Crippen molar-refractivity contribution in [1.82, 2.24) is 0 Å². The summed E-state index contributed by atoms with van der Waals surface area (Å²) in [6.07, 6.45) is 11.4. The Kier molecular flexibility index (Phi) is 6.84. The highest BCUT2D eigenvalue weighted by molar-refractivity contribution is 14.2. The maximum atomic E-state index is 11.6. The van der Waals surface area contributed by atoms with Gasteiger partial charge in [-0.2, -0.15) is 7.20 Å². The SMILES string of the molecule is C=CCS(C)(I)CCC(O)(c1ccccc1)C1CCCCC1. The fraction of sp³-hybridized carbons (Fsp3) is 0.579. The van der Waals surface area contributed by atoms with E-state index < -0.39 is 12.8 Å². The molecule has 0 aliphatic heterocycles. The predicted octanol–water partition coefficient (Wildman–Crippen LogP) is 5.82. The largest absolute Gasteiger partial charge is 0.385 e. The molecule has 124 valence electrons. The summed E-state index contributed by atoms with van der Waals surface area (Å²) in [5, 5.41) is 11.6. The number of hydrogen-bond acceptors (Lipinski definition) is 1. The van der Waals surface area contributed by atoms with E-state index in [2.05, 4.69) is 58.3 Å². The second-order valence-corrected chi connectivity index (χ2v) is 16.1. The molecule has 1 aromatic rings. The molecule has 1 fully saturated rings. The van der Waals surface area contributed by atoms with Gasteiger partial charge >= 0.3 is 0 Å². The topological polar surface area (TPSA) is 20.2 Å². The summed E-state index contributed by atoms with van der Waals surface area (Å²) in [4.78, 5) is 0. The van der Waals surface area contributed by atoms with E-state index in [4.69, 9.17) is 0 Å². The molecular weight excluding hydrogens is 403 g/mol. The van der Waals surface area contributed by atoms with Gasteiger partial charge in [0, 0.05) is 5.75 Å². The minimum atomic E-state index is -0.720. The zero-order valence-corrected chi connectivity index (χ0v) is 16.6. The van der Waals surface area contributed by atoms with E-state index in [0.717, 1.165) is 23.5 Å². The van der Waals surface area contributed by atoms with Crippen molar-refractivity contribution in [2.45, 2.75) is 44.1 Å². The van der Waals surface area contributed by atoms with Crippen molar-refractivity contribution in [2.24, 2.45) is 5.92 Å². The third kappa shape index (κ3) is 4.75. The lowest BCUT2D eigenvalue weighted by Gasteiger charge is -2.41. The molecule has 0 bridgehead atoms. The predicted molar refractivity (Wildman–Crippen MR) is 109 cm³/mol. The van der Waals surface area contributed by atoms with E-state index in [-0.39, 0.29) is 0 Å². The van der Waals surface area contributed by atoms with Crippen molar-refractivity contribution >= 4 is 28.4 Å². The van der Waals surface area contributed by atoms with Crippen LogP contribution in [0.5, 0.6) is 0 Å². The molecule has 22 heavy (non-hydrogen) atoms. The number of aliphatic hydroxyl groups is 1. The summed E-state index contributed by atoms with van der Waals surface area (Å²) in [6, 6.07) is 10.4. The molecule has 2 rings (SSSR count). The molecule has 1 aliphatic rings. The Bertz CT molecular complexity index is 468. The number of rotatable bonds is 7. The van der Waals surface area contributed by atoms with Crippen molar-refractivity contribution in [3.63, 3.8) is 0 Å². The van der Waals surface area contributed by atoms with Gasteiger partial charge in [0.15, 0.2) is 0 Å². The second kappa shape index (κ2) is 8.20. The van der Waals surface area contributed by atoms with Gasteiger partial charge in [-0.1, -0.05) is 55.7 Å². The summed E-state index contributed by atoms with van der Waals surface area (Å²) in [6.45, 7) is 3.89. The molecule has 0 spiro atoms. The normalized spacial score (nSPS) is 23.2. The molecule has 2 atom stereocenters. The first-order chi connectivity index (χ1) is 10.5. The third-order valence-electron chi connectivity index (χ3n) is 4.93. The van der Waals surface area contributed by atoms with Gasteiger partial charge in [0.25, 0.3) is 0 Å². The van der Waals surface area contributed by atoms with E-state index >= 15 is 0 Å². The first kappa shape index (κ1) is 18.3. The average Bonchev–Trinajstić information content (AvgIpc) is 2.54. The first-order valence-corrected chi connectivity index (χ1v) is 13.2. The molecule has 0 saturated heterocycles. The van der Waals surface area contributed by atoms with E-state index in [0.29, 0.717) is 5.92 Å². The highest BCUT2D eigenvalue weighted by Crippen LogP contribution is 2.55. The molecule has 2 unspecified atom stereocenters. The van der Waals surface area contributed by atoms with E-state index in [9.17, 15) is 5.11 Å². The van der Waals surface area contributed by atoms with Gasteiger partial charge in [0.05, 0.1) is 5.60 Å². The van der Waals surface area contributed by atoms with Crippen LogP contribution in [0.15, 0.2) is 43.0 Å². The standard InChI is InChI=1S/C19H29IOS/c1-3-15-22(2,20)16-14-19(21,17-10-6-4-7-11-17)18-12-8-5-9-13-18/h3-4,6-7,10-11,18,21H,1,5,8-9,12-16H2,2H3. The minimum absolute atomic E-state index is 0.416. The Labute approximate surface area is 149 Å². The molecule has 1 aliphatic carbocycles. The van der Waals surface area contributed by atoms with E-state index in [1.54, 1.807) is 0 Å². The van der Waals surface area contributed by atoms with Crippen LogP contribution in [0.3, 0.4) is 0 Å². The number of halogens is 1. The summed E-state index contributed by atoms with van der Waals surface area (Å²) in [5.41, 5.74) is 0.467. The van der Waals surface area contributed by atoms with E-state index in [1.807, 2.05) is 12.1 Å². The summed E-state index contributed by atoms with van der Waals surface area (Å²) in [5.74, 6) is 2.59. The van der Waals surface area contributed by atoms with Crippen LogP contribution in [-0.2, 0) is 5.60 Å². The molecule has 1 nitrogen and oxygen atoms in total. The Morgan fingerprint density at radius 1 is 1.27 bits per heavy atom. The zero-order chi connectivity index (χ0) is 16.1. The third-order valence-corrected chi connectivity index (χ3v) is 9.31. The van der Waals surface area contributed by atoms with Gasteiger partial charge in [-0.15, -0.1) is 6.58 Å². The highest BCUT2D eigenvalue weighted by atomic mass is 127. The molecule has 1 saturated carbocycles. The van der Waals surface area contributed by atoms with Gasteiger partial charge in [-0.05, 0) is 64.0 Å². The summed E-state index contributed by atoms with van der Waals surface area (Å²) in [7, 11) is -0.720. The average molecular weight is 432 g/mol. The lowest BCUT2D eigenvalue weighted by atomic mass is 9.72. The van der Waals surface area contributed by atoms with Gasteiger partial charge in [0.1, 0.15) is 0 Å². The van der Waals surface area contributed by atoms with Crippen LogP contribution in [0.2, 0.25) is 0 Å². The summed E-state index contributed by atoms with van der Waals surface area (Å²) >= 11 is 2.61. The van der Waals surface area contributed by atoms with Crippen LogP contribution < -0.4 is 0 Å². The molecule has 3 heteroatoms. The monoisotopic (exact) mass is 432 g/mol. The zero-order valence-electron chi connectivity index (χ0n) is 13.6. The smallest absolute Gasteiger partial charge is 0.0932 e. The van der Waals surface area contributed by atoms with Crippen molar-refractivity contribution in [2.75, 3.05) is 17.8 Å².